The van der Waals surface area contributed by atoms with Crippen LogP contribution in [0.5, 0.6) is 0 Å². The van der Waals surface area contributed by atoms with E-state index in [1.807, 2.05) is 11.7 Å². The third-order valence-corrected chi connectivity index (χ3v) is 4.88. The van der Waals surface area contributed by atoms with Gasteiger partial charge in [-0.05, 0) is 6.42 Å². The molecule has 108 valence electrons. The van der Waals surface area contributed by atoms with E-state index in [0.29, 0.717) is 0 Å². The first-order valence-corrected chi connectivity index (χ1v) is 8.46. The second-order valence-corrected chi connectivity index (χ2v) is 6.42. The first-order valence-electron chi connectivity index (χ1n) is 6.93. The van der Waals surface area contributed by atoms with E-state index in [1.165, 1.54) is 24.6 Å². The molecule has 0 amide bonds. The Morgan fingerprint density at radius 2 is 2.11 bits per heavy atom. The molecule has 1 aromatic heterocycles. The summed E-state index contributed by atoms with van der Waals surface area (Å²) < 4.78 is 1.89. The lowest BCUT2D eigenvalue weighted by molar-refractivity contribution is 0.300. The van der Waals surface area contributed by atoms with Crippen LogP contribution in [0.1, 0.15) is 18.3 Å². The van der Waals surface area contributed by atoms with Crippen LogP contribution in [0.2, 0.25) is 5.02 Å². The van der Waals surface area contributed by atoms with Gasteiger partial charge in [0.15, 0.2) is 0 Å². The van der Waals surface area contributed by atoms with E-state index in [9.17, 15) is 0 Å². The number of hydrogen-bond acceptors (Lipinski definition) is 4. The van der Waals surface area contributed by atoms with Crippen molar-refractivity contribution in [2.24, 2.45) is 7.05 Å². The number of aryl methyl sites for hydroxylation is 2. The fraction of sp³-hybridized carbons (Fsp3) is 0.769. The smallest absolute Gasteiger partial charge is 0.0863 e. The summed E-state index contributed by atoms with van der Waals surface area (Å²) in [5.41, 5.74) is 2.08. The van der Waals surface area contributed by atoms with Crippen LogP contribution >= 0.6 is 23.4 Å². The van der Waals surface area contributed by atoms with E-state index in [4.69, 9.17) is 11.6 Å². The van der Waals surface area contributed by atoms with Crippen molar-refractivity contribution in [3.05, 3.63) is 16.4 Å². The highest BCUT2D eigenvalue weighted by Crippen LogP contribution is 2.20. The van der Waals surface area contributed by atoms with Crippen LogP contribution in [-0.4, -0.2) is 52.4 Å². The van der Waals surface area contributed by atoms with Gasteiger partial charge in [0.05, 0.1) is 16.4 Å². The molecule has 0 atom stereocenters. The van der Waals surface area contributed by atoms with Gasteiger partial charge in [0.1, 0.15) is 0 Å². The summed E-state index contributed by atoms with van der Waals surface area (Å²) in [6.45, 7) is 7.45. The highest BCUT2D eigenvalue weighted by molar-refractivity contribution is 7.99. The number of rotatable bonds is 6. The predicted molar refractivity (Wildman–Crippen MR) is 83.1 cm³/mol. The Hall–Kier alpha value is -0.230. The van der Waals surface area contributed by atoms with Crippen LogP contribution in [0.4, 0.5) is 0 Å². The molecule has 0 saturated carbocycles. The molecule has 1 aromatic rings. The van der Waals surface area contributed by atoms with Gasteiger partial charge in [-0.1, -0.05) is 18.5 Å². The molecule has 0 radical (unpaired) electrons. The summed E-state index contributed by atoms with van der Waals surface area (Å²) in [5.74, 6) is 2.54. The van der Waals surface area contributed by atoms with E-state index >= 15 is 0 Å². The van der Waals surface area contributed by atoms with Crippen molar-refractivity contribution >= 4 is 23.4 Å². The van der Waals surface area contributed by atoms with Crippen molar-refractivity contribution in [1.82, 2.24) is 20.0 Å². The van der Waals surface area contributed by atoms with Gasteiger partial charge in [-0.3, -0.25) is 4.68 Å². The zero-order valence-electron chi connectivity index (χ0n) is 11.8. The highest BCUT2D eigenvalue weighted by atomic mass is 35.5. The van der Waals surface area contributed by atoms with Crippen LogP contribution in [0.3, 0.4) is 0 Å². The monoisotopic (exact) mass is 302 g/mol. The maximum absolute atomic E-state index is 6.32. The summed E-state index contributed by atoms with van der Waals surface area (Å²) in [7, 11) is 1.96. The molecule has 1 saturated heterocycles. The van der Waals surface area contributed by atoms with E-state index in [1.54, 1.807) is 0 Å². The average Bonchev–Trinajstić information content (AvgIpc) is 2.71. The Morgan fingerprint density at radius 1 is 1.37 bits per heavy atom. The predicted octanol–water partition coefficient (Wildman–Crippen LogP) is 1.77. The lowest BCUT2D eigenvalue weighted by atomic mass is 10.3. The summed E-state index contributed by atoms with van der Waals surface area (Å²) in [5, 5.41) is 8.73. The van der Waals surface area contributed by atoms with Crippen molar-refractivity contribution in [3.63, 3.8) is 0 Å². The molecule has 0 unspecified atom stereocenters. The van der Waals surface area contributed by atoms with Gasteiger partial charge in [0.25, 0.3) is 0 Å². The Labute approximate surface area is 124 Å². The minimum absolute atomic E-state index is 0.797. The van der Waals surface area contributed by atoms with E-state index in [-0.39, 0.29) is 0 Å². The third kappa shape index (κ3) is 4.12. The Balaban J connectivity index is 1.74. The van der Waals surface area contributed by atoms with Crippen LogP contribution < -0.4 is 5.32 Å². The summed E-state index contributed by atoms with van der Waals surface area (Å²) in [6.07, 6.45) is 0.887. The van der Waals surface area contributed by atoms with Gasteiger partial charge in [0.2, 0.25) is 0 Å². The van der Waals surface area contributed by atoms with Crippen LogP contribution in [0.25, 0.3) is 0 Å². The lowest BCUT2D eigenvalue weighted by Gasteiger charge is -2.26. The second kappa shape index (κ2) is 7.53. The van der Waals surface area contributed by atoms with Gasteiger partial charge in [-0.25, -0.2) is 0 Å². The summed E-state index contributed by atoms with van der Waals surface area (Å²) in [6, 6.07) is 0. The number of nitrogens with zero attached hydrogens (tertiary/aromatic N) is 3. The zero-order valence-corrected chi connectivity index (χ0v) is 13.4. The molecule has 1 fully saturated rings. The SMILES string of the molecule is CCc1nn(C)c(CNCCN2CCSCC2)c1Cl. The quantitative estimate of drug-likeness (QED) is 0.812. The Bertz CT molecular complexity index is 402. The van der Waals surface area contributed by atoms with Crippen molar-refractivity contribution < 1.29 is 0 Å². The fourth-order valence-corrected chi connectivity index (χ4v) is 3.62. The Morgan fingerprint density at radius 3 is 2.74 bits per heavy atom. The normalized spacial score (nSPS) is 17.0. The number of hydrogen-bond donors (Lipinski definition) is 1. The summed E-state index contributed by atoms with van der Waals surface area (Å²) >= 11 is 8.37. The maximum atomic E-state index is 6.32. The zero-order chi connectivity index (χ0) is 13.7. The van der Waals surface area contributed by atoms with Crippen molar-refractivity contribution in [3.8, 4) is 0 Å². The first-order chi connectivity index (χ1) is 9.22. The minimum Gasteiger partial charge on any atom is -0.310 e. The van der Waals surface area contributed by atoms with E-state index < -0.39 is 0 Å². The summed E-state index contributed by atoms with van der Waals surface area (Å²) in [4.78, 5) is 2.52. The van der Waals surface area contributed by atoms with Gasteiger partial charge < -0.3 is 10.2 Å². The Kier molecular flexibility index (Phi) is 6.01. The first kappa shape index (κ1) is 15.2. The molecule has 1 aliphatic heterocycles. The molecular formula is C13H23ClN4S. The van der Waals surface area contributed by atoms with E-state index in [0.717, 1.165) is 42.5 Å². The van der Waals surface area contributed by atoms with Gasteiger partial charge in [0, 0.05) is 51.3 Å². The molecule has 6 heteroatoms. The molecule has 0 bridgehead atoms. The molecule has 0 aromatic carbocycles. The topological polar surface area (TPSA) is 33.1 Å². The molecule has 0 aliphatic carbocycles. The van der Waals surface area contributed by atoms with Crippen molar-refractivity contribution in [1.29, 1.82) is 0 Å². The molecule has 19 heavy (non-hydrogen) atoms. The fourth-order valence-electron chi connectivity index (χ4n) is 2.28. The molecule has 2 rings (SSSR count). The molecule has 1 N–H and O–H groups in total. The molecule has 4 nitrogen and oxygen atoms in total. The average molecular weight is 303 g/mol. The molecule has 0 spiro atoms. The highest BCUT2D eigenvalue weighted by Gasteiger charge is 2.13. The van der Waals surface area contributed by atoms with Crippen molar-refractivity contribution in [2.45, 2.75) is 19.9 Å². The van der Waals surface area contributed by atoms with Crippen LogP contribution in [0, 0.1) is 0 Å². The lowest BCUT2D eigenvalue weighted by Crippen LogP contribution is -2.37. The van der Waals surface area contributed by atoms with Crippen LogP contribution in [-0.2, 0) is 20.0 Å². The maximum Gasteiger partial charge on any atom is 0.0863 e. The standard InChI is InChI=1S/C13H23ClN4S/c1-3-11-13(14)12(17(2)16-11)10-15-4-5-18-6-8-19-9-7-18/h15H,3-10H2,1-2H3. The number of nitrogens with one attached hydrogen (secondary N) is 1. The second-order valence-electron chi connectivity index (χ2n) is 4.82. The van der Waals surface area contributed by atoms with Crippen LogP contribution in [0.15, 0.2) is 0 Å². The van der Waals surface area contributed by atoms with Gasteiger partial charge in [-0.2, -0.15) is 16.9 Å². The molecule has 2 heterocycles. The number of aromatic nitrogens is 2. The number of halogens is 1. The molecular weight excluding hydrogens is 280 g/mol. The minimum atomic E-state index is 0.797. The van der Waals surface area contributed by atoms with Crippen molar-refractivity contribution in [2.75, 3.05) is 37.7 Å². The largest absolute Gasteiger partial charge is 0.310 e. The van der Waals surface area contributed by atoms with Gasteiger partial charge in [-0.15, -0.1) is 0 Å². The third-order valence-electron chi connectivity index (χ3n) is 3.50. The van der Waals surface area contributed by atoms with Gasteiger partial charge >= 0.3 is 0 Å². The number of thioether (sulfide) groups is 1. The molecule has 1 aliphatic rings. The van der Waals surface area contributed by atoms with E-state index in [2.05, 4.69) is 34.0 Å².